The number of nitrogens with two attached hydrogens (primary N) is 1. The van der Waals surface area contributed by atoms with E-state index in [1.807, 2.05) is 30.3 Å². The zero-order valence-corrected chi connectivity index (χ0v) is 15.1. The third-order valence-electron chi connectivity index (χ3n) is 3.35. The quantitative estimate of drug-likeness (QED) is 0.708. The molecule has 9 heteroatoms. The highest BCUT2D eigenvalue weighted by Gasteiger charge is 2.29. The number of nitrogens with one attached hydrogen (secondary N) is 1. The molecule has 0 fully saturated rings. The summed E-state index contributed by atoms with van der Waals surface area (Å²) in [7, 11) is 0. The Labute approximate surface area is 161 Å². The topological polar surface area (TPSA) is 73.6 Å². The average molecular weight is 405 g/mol. The van der Waals surface area contributed by atoms with Crippen molar-refractivity contribution in [1.29, 1.82) is 0 Å². The van der Waals surface area contributed by atoms with Gasteiger partial charge in [-0.15, -0.1) is 12.4 Å². The van der Waals surface area contributed by atoms with Gasteiger partial charge in [-0.3, -0.25) is 4.79 Å². The van der Waals surface area contributed by atoms with Gasteiger partial charge in [0.05, 0.1) is 0 Å². The van der Waals surface area contributed by atoms with Gasteiger partial charge in [0.2, 0.25) is 0 Å². The fraction of sp³-hybridized carbons (Fsp3) is 0.278. The van der Waals surface area contributed by atoms with Crippen LogP contribution in [-0.4, -0.2) is 31.8 Å². The Morgan fingerprint density at radius 3 is 2.15 bits per heavy atom. The average Bonchev–Trinajstić information content (AvgIpc) is 2.63. The number of hydrogen-bond acceptors (Lipinski definition) is 4. The van der Waals surface area contributed by atoms with Crippen LogP contribution in [0.15, 0.2) is 54.6 Å². The molecule has 0 spiro atoms. The smallest absolute Gasteiger partial charge is 0.422 e. The minimum Gasteiger partial charge on any atom is -0.480 e. The standard InChI is InChI=1S/C18H19F3N2O3.ClH/c19-18(20,21)12-26-16-9-5-4-8-15(16)25-11-17(24)23-10-14(22)13-6-2-1-3-7-13;/h1-9,14H,10-12,22H2,(H,23,24);1H. The van der Waals surface area contributed by atoms with Crippen LogP contribution in [0.4, 0.5) is 13.2 Å². The molecular weight excluding hydrogens is 385 g/mol. The Hall–Kier alpha value is -2.45. The van der Waals surface area contributed by atoms with E-state index in [0.717, 1.165) is 5.56 Å². The van der Waals surface area contributed by atoms with Crippen molar-refractivity contribution in [2.45, 2.75) is 12.2 Å². The number of amides is 1. The largest absolute Gasteiger partial charge is 0.480 e. The number of para-hydroxylation sites is 2. The minimum atomic E-state index is -4.46. The Balaban J connectivity index is 0.00000364. The summed E-state index contributed by atoms with van der Waals surface area (Å²) in [5.41, 5.74) is 6.85. The number of carbonyl (C=O) groups excluding carboxylic acids is 1. The van der Waals surface area contributed by atoms with E-state index in [1.54, 1.807) is 6.07 Å². The van der Waals surface area contributed by atoms with Gasteiger partial charge in [0.25, 0.3) is 5.91 Å². The molecule has 0 aliphatic carbocycles. The highest BCUT2D eigenvalue weighted by Crippen LogP contribution is 2.28. The van der Waals surface area contributed by atoms with Gasteiger partial charge in [-0.25, -0.2) is 0 Å². The van der Waals surface area contributed by atoms with Crippen LogP contribution in [0.2, 0.25) is 0 Å². The number of carbonyl (C=O) groups is 1. The molecular formula is C18H20ClF3N2O3. The number of ether oxygens (including phenoxy) is 2. The number of hydrogen-bond donors (Lipinski definition) is 2. The van der Waals surface area contributed by atoms with Crippen LogP contribution in [0.5, 0.6) is 11.5 Å². The summed E-state index contributed by atoms with van der Waals surface area (Å²) in [5.74, 6) is -0.472. The third kappa shape index (κ3) is 8.19. The predicted octanol–water partition coefficient (Wildman–Crippen LogP) is 3.24. The summed E-state index contributed by atoms with van der Waals surface area (Å²) in [6.07, 6.45) is -4.46. The van der Waals surface area contributed by atoms with Crippen molar-refractivity contribution in [1.82, 2.24) is 5.32 Å². The summed E-state index contributed by atoms with van der Waals surface area (Å²) >= 11 is 0. The molecule has 0 heterocycles. The van der Waals surface area contributed by atoms with Crippen LogP contribution in [0.1, 0.15) is 11.6 Å². The molecule has 0 aliphatic heterocycles. The van der Waals surface area contributed by atoms with Gasteiger partial charge < -0.3 is 20.5 Å². The van der Waals surface area contributed by atoms with Crippen molar-refractivity contribution in [2.75, 3.05) is 19.8 Å². The Kier molecular flexibility index (Phi) is 8.90. The lowest BCUT2D eigenvalue weighted by Crippen LogP contribution is -2.35. The van der Waals surface area contributed by atoms with Crippen LogP contribution < -0.4 is 20.5 Å². The second-order valence-corrected chi connectivity index (χ2v) is 5.46. The summed E-state index contributed by atoms with van der Waals surface area (Å²) in [4.78, 5) is 11.9. The Morgan fingerprint density at radius 1 is 1.00 bits per heavy atom. The van der Waals surface area contributed by atoms with E-state index in [2.05, 4.69) is 10.1 Å². The summed E-state index contributed by atoms with van der Waals surface area (Å²) < 4.78 is 46.7. The first kappa shape index (κ1) is 22.6. The van der Waals surface area contributed by atoms with Crippen LogP contribution >= 0.6 is 12.4 Å². The van der Waals surface area contributed by atoms with Crippen LogP contribution in [-0.2, 0) is 4.79 Å². The van der Waals surface area contributed by atoms with Crippen molar-refractivity contribution in [2.24, 2.45) is 5.73 Å². The highest BCUT2D eigenvalue weighted by atomic mass is 35.5. The van der Waals surface area contributed by atoms with Crippen molar-refractivity contribution in [3.63, 3.8) is 0 Å². The maximum Gasteiger partial charge on any atom is 0.422 e. The molecule has 1 amide bonds. The summed E-state index contributed by atoms with van der Waals surface area (Å²) in [5, 5.41) is 2.62. The van der Waals surface area contributed by atoms with Crippen molar-refractivity contribution in [3.05, 3.63) is 60.2 Å². The molecule has 148 valence electrons. The molecule has 0 radical (unpaired) electrons. The van der Waals surface area contributed by atoms with Crippen LogP contribution in [0, 0.1) is 0 Å². The van der Waals surface area contributed by atoms with E-state index in [1.165, 1.54) is 18.2 Å². The fourth-order valence-electron chi connectivity index (χ4n) is 2.08. The maximum atomic E-state index is 12.3. The Bertz CT molecular complexity index is 714. The fourth-order valence-corrected chi connectivity index (χ4v) is 2.08. The maximum absolute atomic E-state index is 12.3. The molecule has 3 N–H and O–H groups in total. The van der Waals surface area contributed by atoms with Crippen molar-refractivity contribution < 1.29 is 27.4 Å². The van der Waals surface area contributed by atoms with Gasteiger partial charge >= 0.3 is 6.18 Å². The zero-order chi connectivity index (χ0) is 19.0. The second kappa shape index (κ2) is 10.6. The van der Waals surface area contributed by atoms with Gasteiger partial charge in [0.15, 0.2) is 24.7 Å². The molecule has 5 nitrogen and oxygen atoms in total. The molecule has 0 saturated heterocycles. The van der Waals surface area contributed by atoms with Crippen LogP contribution in [0.3, 0.4) is 0 Å². The summed E-state index contributed by atoms with van der Waals surface area (Å²) in [6, 6.07) is 14.7. The molecule has 0 bridgehead atoms. The van der Waals surface area contributed by atoms with E-state index >= 15 is 0 Å². The molecule has 0 saturated carbocycles. The van der Waals surface area contributed by atoms with Gasteiger partial charge in [-0.05, 0) is 17.7 Å². The number of alkyl halides is 3. The SMILES string of the molecule is Cl.NC(CNC(=O)COc1ccccc1OCC(F)(F)F)c1ccccc1. The molecule has 0 aromatic heterocycles. The van der Waals surface area contributed by atoms with Crippen molar-refractivity contribution in [3.8, 4) is 11.5 Å². The van der Waals surface area contributed by atoms with Gasteiger partial charge in [0, 0.05) is 12.6 Å². The lowest BCUT2D eigenvalue weighted by Gasteiger charge is -2.15. The van der Waals surface area contributed by atoms with Crippen molar-refractivity contribution >= 4 is 18.3 Å². The third-order valence-corrected chi connectivity index (χ3v) is 3.35. The van der Waals surface area contributed by atoms with E-state index < -0.39 is 18.7 Å². The highest BCUT2D eigenvalue weighted by molar-refractivity contribution is 5.85. The molecule has 2 aromatic rings. The first-order valence-corrected chi connectivity index (χ1v) is 7.84. The number of rotatable bonds is 8. The van der Waals surface area contributed by atoms with E-state index in [0.29, 0.717) is 0 Å². The number of halogens is 4. The molecule has 27 heavy (non-hydrogen) atoms. The normalized spacial score (nSPS) is 11.9. The lowest BCUT2D eigenvalue weighted by atomic mass is 10.1. The second-order valence-electron chi connectivity index (χ2n) is 5.46. The van der Waals surface area contributed by atoms with Crippen LogP contribution in [0.25, 0.3) is 0 Å². The summed E-state index contributed by atoms with van der Waals surface area (Å²) in [6.45, 7) is -1.60. The van der Waals surface area contributed by atoms with Gasteiger partial charge in [-0.1, -0.05) is 42.5 Å². The minimum absolute atomic E-state index is 0. The molecule has 0 aliphatic rings. The van der Waals surface area contributed by atoms with E-state index in [9.17, 15) is 18.0 Å². The first-order valence-electron chi connectivity index (χ1n) is 7.84. The Morgan fingerprint density at radius 2 is 1.56 bits per heavy atom. The molecule has 2 aromatic carbocycles. The monoisotopic (exact) mass is 404 g/mol. The van der Waals surface area contributed by atoms with E-state index in [4.69, 9.17) is 10.5 Å². The first-order chi connectivity index (χ1) is 12.3. The lowest BCUT2D eigenvalue weighted by molar-refractivity contribution is -0.153. The van der Waals surface area contributed by atoms with Gasteiger partial charge in [0.1, 0.15) is 0 Å². The van der Waals surface area contributed by atoms with Gasteiger partial charge in [-0.2, -0.15) is 13.2 Å². The zero-order valence-electron chi connectivity index (χ0n) is 14.2. The molecule has 1 unspecified atom stereocenters. The number of benzene rings is 2. The molecule has 2 rings (SSSR count). The predicted molar refractivity (Wildman–Crippen MR) is 97.1 cm³/mol. The van der Waals surface area contributed by atoms with E-state index in [-0.39, 0.29) is 43.1 Å². The molecule has 1 atom stereocenters.